The fourth-order valence-corrected chi connectivity index (χ4v) is 2.50. The Balaban J connectivity index is 0.00000243. The van der Waals surface area contributed by atoms with Crippen molar-refractivity contribution in [2.45, 2.75) is 26.8 Å². The van der Waals surface area contributed by atoms with E-state index >= 15 is 0 Å². The van der Waals surface area contributed by atoms with Crippen LogP contribution in [0.4, 0.5) is 0 Å². The summed E-state index contributed by atoms with van der Waals surface area (Å²) in [6, 6.07) is 6.03. The highest BCUT2D eigenvalue weighted by Gasteiger charge is 2.13. The van der Waals surface area contributed by atoms with Gasteiger partial charge >= 0.3 is 0 Å². The smallest absolute Gasteiger partial charge is 0.231 e. The first-order chi connectivity index (χ1) is 12.2. The number of hydrogen-bond donors (Lipinski definition) is 2. The van der Waals surface area contributed by atoms with Crippen LogP contribution in [0.25, 0.3) is 0 Å². The van der Waals surface area contributed by atoms with Gasteiger partial charge in [0.2, 0.25) is 6.79 Å². The lowest BCUT2D eigenvalue weighted by Gasteiger charge is -2.11. The molecule has 0 saturated carbocycles. The third-order valence-corrected chi connectivity index (χ3v) is 4.05. The highest BCUT2D eigenvalue weighted by atomic mass is 127. The van der Waals surface area contributed by atoms with E-state index in [0.717, 1.165) is 48.6 Å². The van der Waals surface area contributed by atoms with E-state index in [-0.39, 0.29) is 24.0 Å². The number of ether oxygens (including phenoxy) is 2. The average Bonchev–Trinajstić information content (AvgIpc) is 3.20. The average molecular weight is 472 g/mol. The summed E-state index contributed by atoms with van der Waals surface area (Å²) in [5, 5.41) is 14.8. The molecule has 0 saturated heterocycles. The molecule has 0 bridgehead atoms. The van der Waals surface area contributed by atoms with Gasteiger partial charge in [-0.25, -0.2) is 4.99 Å². The predicted octanol–water partition coefficient (Wildman–Crippen LogP) is 1.77. The normalized spacial score (nSPS) is 12.7. The summed E-state index contributed by atoms with van der Waals surface area (Å²) < 4.78 is 12.7. The second kappa shape index (κ2) is 9.60. The minimum atomic E-state index is 0. The first-order valence-electron chi connectivity index (χ1n) is 8.43. The molecule has 142 valence electrons. The Labute approximate surface area is 170 Å². The number of nitrogens with zero attached hydrogens (tertiary/aromatic N) is 4. The number of aryl methyl sites for hydroxylation is 1. The van der Waals surface area contributed by atoms with Crippen molar-refractivity contribution in [3.8, 4) is 11.5 Å². The molecule has 2 heterocycles. The lowest BCUT2D eigenvalue weighted by molar-refractivity contribution is 0.174. The molecule has 1 aliphatic rings. The fraction of sp³-hybridized carbons (Fsp3) is 0.471. The van der Waals surface area contributed by atoms with Gasteiger partial charge in [-0.05, 0) is 38.0 Å². The second-order valence-corrected chi connectivity index (χ2v) is 5.78. The van der Waals surface area contributed by atoms with Crippen molar-refractivity contribution < 1.29 is 9.47 Å². The van der Waals surface area contributed by atoms with E-state index in [4.69, 9.17) is 9.47 Å². The van der Waals surface area contributed by atoms with Crippen molar-refractivity contribution in [2.75, 3.05) is 19.9 Å². The monoisotopic (exact) mass is 472 g/mol. The minimum absolute atomic E-state index is 0. The summed E-state index contributed by atoms with van der Waals surface area (Å²) in [7, 11) is 1.94. The van der Waals surface area contributed by atoms with Gasteiger partial charge in [-0.15, -0.1) is 34.2 Å². The van der Waals surface area contributed by atoms with Gasteiger partial charge in [0.15, 0.2) is 23.3 Å². The Morgan fingerprint density at radius 2 is 2.04 bits per heavy atom. The third-order valence-electron chi connectivity index (χ3n) is 4.05. The number of rotatable bonds is 6. The summed E-state index contributed by atoms with van der Waals surface area (Å²) in [6.45, 7) is 6.32. The lowest BCUT2D eigenvalue weighted by atomic mass is 10.1. The molecule has 2 N–H and O–H groups in total. The molecule has 0 spiro atoms. The van der Waals surface area contributed by atoms with Crippen LogP contribution in [0.15, 0.2) is 23.2 Å². The van der Waals surface area contributed by atoms with Gasteiger partial charge < -0.3 is 24.7 Å². The second-order valence-electron chi connectivity index (χ2n) is 5.78. The Bertz CT molecular complexity index is 762. The summed E-state index contributed by atoms with van der Waals surface area (Å²) in [5.41, 5.74) is 1.19. The van der Waals surface area contributed by atoms with Crippen LogP contribution in [0, 0.1) is 6.92 Å². The molecule has 1 aromatic heterocycles. The zero-order valence-corrected chi connectivity index (χ0v) is 17.6. The lowest BCUT2D eigenvalue weighted by Crippen LogP contribution is -2.38. The molecule has 2 aromatic rings. The fourth-order valence-electron chi connectivity index (χ4n) is 2.50. The van der Waals surface area contributed by atoms with E-state index in [1.807, 2.05) is 37.6 Å². The van der Waals surface area contributed by atoms with Crippen LogP contribution in [0.3, 0.4) is 0 Å². The van der Waals surface area contributed by atoms with E-state index in [0.29, 0.717) is 13.3 Å². The maximum Gasteiger partial charge on any atom is 0.231 e. The Morgan fingerprint density at radius 3 is 2.77 bits per heavy atom. The van der Waals surface area contributed by atoms with Gasteiger partial charge in [0.1, 0.15) is 12.4 Å². The van der Waals surface area contributed by atoms with Crippen LogP contribution >= 0.6 is 24.0 Å². The Kier molecular flexibility index (Phi) is 7.49. The van der Waals surface area contributed by atoms with E-state index in [9.17, 15) is 0 Å². The van der Waals surface area contributed by atoms with Gasteiger partial charge in [0.05, 0.1) is 0 Å². The zero-order chi connectivity index (χ0) is 17.6. The topological polar surface area (TPSA) is 85.6 Å². The van der Waals surface area contributed by atoms with Crippen molar-refractivity contribution in [2.24, 2.45) is 12.0 Å². The molecule has 0 unspecified atom stereocenters. The largest absolute Gasteiger partial charge is 0.454 e. The van der Waals surface area contributed by atoms with E-state index < -0.39 is 0 Å². The predicted molar refractivity (Wildman–Crippen MR) is 110 cm³/mol. The standard InChI is InChI=1S/C17H24N6O2.HI/c1-4-18-17(20-10-16-22-21-12(2)23(16)3)19-8-7-13-5-6-14-15(9-13)25-11-24-14;/h5-6,9H,4,7-8,10-11H2,1-3H3,(H2,18,19,20);1H. The van der Waals surface area contributed by atoms with Crippen LogP contribution in [-0.2, 0) is 20.0 Å². The minimum Gasteiger partial charge on any atom is -0.454 e. The van der Waals surface area contributed by atoms with Crippen molar-refractivity contribution in [3.05, 3.63) is 35.4 Å². The molecule has 1 aromatic carbocycles. The van der Waals surface area contributed by atoms with Crippen LogP contribution in [0.1, 0.15) is 24.1 Å². The number of fused-ring (bicyclic) bond motifs is 1. The maximum absolute atomic E-state index is 5.41. The van der Waals surface area contributed by atoms with Gasteiger partial charge in [0, 0.05) is 20.1 Å². The van der Waals surface area contributed by atoms with Gasteiger partial charge in [-0.2, -0.15) is 0 Å². The number of aliphatic imine (C=N–C) groups is 1. The SMILES string of the molecule is CCNC(=NCc1nnc(C)n1C)NCCc1ccc2c(c1)OCO2.I. The summed E-state index contributed by atoms with van der Waals surface area (Å²) in [4.78, 5) is 4.57. The zero-order valence-electron chi connectivity index (χ0n) is 15.3. The molecule has 26 heavy (non-hydrogen) atoms. The number of aromatic nitrogens is 3. The van der Waals surface area contributed by atoms with Crippen molar-refractivity contribution >= 4 is 29.9 Å². The molecule has 0 radical (unpaired) electrons. The summed E-state index contributed by atoms with van der Waals surface area (Å²) >= 11 is 0. The molecule has 0 fully saturated rings. The van der Waals surface area contributed by atoms with Crippen LogP contribution in [-0.4, -0.2) is 40.6 Å². The molecule has 0 amide bonds. The van der Waals surface area contributed by atoms with Gasteiger partial charge in [0.25, 0.3) is 0 Å². The van der Waals surface area contributed by atoms with Crippen molar-refractivity contribution in [1.29, 1.82) is 0 Å². The van der Waals surface area contributed by atoms with Crippen LogP contribution < -0.4 is 20.1 Å². The van der Waals surface area contributed by atoms with Gasteiger partial charge in [-0.1, -0.05) is 6.07 Å². The van der Waals surface area contributed by atoms with Gasteiger partial charge in [-0.3, -0.25) is 0 Å². The van der Waals surface area contributed by atoms with E-state index in [1.165, 1.54) is 5.56 Å². The molecular formula is C17H25IN6O2. The highest BCUT2D eigenvalue weighted by molar-refractivity contribution is 14.0. The number of hydrogen-bond acceptors (Lipinski definition) is 5. The van der Waals surface area contributed by atoms with Crippen LogP contribution in [0.2, 0.25) is 0 Å². The quantitative estimate of drug-likeness (QED) is 0.379. The Hall–Kier alpha value is -2.04. The van der Waals surface area contributed by atoms with E-state index in [1.54, 1.807) is 0 Å². The summed E-state index contributed by atoms with van der Waals surface area (Å²) in [6.07, 6.45) is 0.865. The Morgan fingerprint density at radius 1 is 1.23 bits per heavy atom. The first kappa shape index (κ1) is 20.3. The number of nitrogens with one attached hydrogen (secondary N) is 2. The first-order valence-corrected chi connectivity index (χ1v) is 8.43. The molecule has 8 nitrogen and oxygen atoms in total. The molecule has 9 heteroatoms. The third kappa shape index (κ3) is 4.99. The van der Waals surface area contributed by atoms with E-state index in [2.05, 4.69) is 31.9 Å². The van der Waals surface area contributed by atoms with Crippen molar-refractivity contribution in [1.82, 2.24) is 25.4 Å². The molecule has 0 atom stereocenters. The number of guanidine groups is 1. The highest BCUT2D eigenvalue weighted by Crippen LogP contribution is 2.32. The molecular weight excluding hydrogens is 447 g/mol. The molecule has 0 aliphatic carbocycles. The van der Waals surface area contributed by atoms with Crippen molar-refractivity contribution in [3.63, 3.8) is 0 Å². The number of halogens is 1. The molecule has 3 rings (SSSR count). The molecule has 1 aliphatic heterocycles. The maximum atomic E-state index is 5.41. The summed E-state index contributed by atoms with van der Waals surface area (Å²) in [5.74, 6) is 4.11. The van der Waals surface area contributed by atoms with Crippen LogP contribution in [0.5, 0.6) is 11.5 Å². The number of benzene rings is 1.